The SMILES string of the molecule is CC(C)C1CN2CCCC2CN1Cc1cc(Br)cs1. The molecule has 0 amide bonds. The predicted molar refractivity (Wildman–Crippen MR) is 85.7 cm³/mol. The van der Waals surface area contributed by atoms with Crippen molar-refractivity contribution < 1.29 is 0 Å². The Hall–Kier alpha value is 0.1000. The second-order valence-electron chi connectivity index (χ2n) is 6.26. The third-order valence-corrected chi connectivity index (χ3v) is 6.27. The van der Waals surface area contributed by atoms with Crippen molar-refractivity contribution in [2.75, 3.05) is 19.6 Å². The minimum atomic E-state index is 0.718. The van der Waals surface area contributed by atoms with Crippen LogP contribution in [0.1, 0.15) is 31.6 Å². The summed E-state index contributed by atoms with van der Waals surface area (Å²) in [4.78, 5) is 6.95. The van der Waals surface area contributed by atoms with E-state index in [0.717, 1.165) is 24.5 Å². The minimum Gasteiger partial charge on any atom is -0.298 e. The number of hydrogen-bond acceptors (Lipinski definition) is 3. The van der Waals surface area contributed by atoms with Crippen molar-refractivity contribution in [3.8, 4) is 0 Å². The smallest absolute Gasteiger partial charge is 0.0332 e. The minimum absolute atomic E-state index is 0.718. The summed E-state index contributed by atoms with van der Waals surface area (Å²) in [6.07, 6.45) is 2.79. The van der Waals surface area contributed by atoms with Gasteiger partial charge in [-0.25, -0.2) is 0 Å². The number of rotatable bonds is 3. The van der Waals surface area contributed by atoms with E-state index in [1.165, 1.54) is 41.8 Å². The van der Waals surface area contributed by atoms with Crippen LogP contribution in [0.2, 0.25) is 0 Å². The molecule has 2 nitrogen and oxygen atoms in total. The van der Waals surface area contributed by atoms with Crippen LogP contribution >= 0.6 is 27.3 Å². The van der Waals surface area contributed by atoms with Gasteiger partial charge in [-0.15, -0.1) is 11.3 Å². The normalized spacial score (nSPS) is 29.1. The van der Waals surface area contributed by atoms with Gasteiger partial charge in [-0.2, -0.15) is 0 Å². The van der Waals surface area contributed by atoms with E-state index < -0.39 is 0 Å². The van der Waals surface area contributed by atoms with Crippen LogP contribution in [-0.2, 0) is 6.54 Å². The Kier molecular flexibility index (Phi) is 4.32. The molecule has 2 aliphatic rings. The Balaban J connectivity index is 1.73. The van der Waals surface area contributed by atoms with E-state index in [1.807, 2.05) is 11.3 Å². The van der Waals surface area contributed by atoms with Crippen molar-refractivity contribution in [2.24, 2.45) is 5.92 Å². The monoisotopic (exact) mass is 342 g/mol. The molecule has 0 aliphatic carbocycles. The van der Waals surface area contributed by atoms with Gasteiger partial charge in [0.25, 0.3) is 0 Å². The summed E-state index contributed by atoms with van der Waals surface area (Å²) in [5.41, 5.74) is 0. The Labute approximate surface area is 128 Å². The Bertz CT molecular complexity index is 432. The first-order valence-corrected chi connectivity index (χ1v) is 9.02. The predicted octanol–water partition coefficient (Wildman–Crippen LogP) is 3.82. The first kappa shape index (κ1) is 14.1. The summed E-state index contributed by atoms with van der Waals surface area (Å²) >= 11 is 5.45. The molecule has 0 radical (unpaired) electrons. The maximum absolute atomic E-state index is 3.57. The van der Waals surface area contributed by atoms with Crippen molar-refractivity contribution in [3.63, 3.8) is 0 Å². The summed E-state index contributed by atoms with van der Waals surface area (Å²) in [7, 11) is 0. The first-order chi connectivity index (χ1) is 9.13. The third-order valence-electron chi connectivity index (χ3n) is 4.59. The van der Waals surface area contributed by atoms with E-state index >= 15 is 0 Å². The molecule has 2 saturated heterocycles. The topological polar surface area (TPSA) is 6.48 Å². The van der Waals surface area contributed by atoms with Crippen LogP contribution < -0.4 is 0 Å². The lowest BCUT2D eigenvalue weighted by atomic mass is 9.97. The summed E-state index contributed by atoms with van der Waals surface area (Å²) in [6, 6.07) is 3.82. The second kappa shape index (κ2) is 5.84. The molecule has 0 saturated carbocycles. The highest BCUT2D eigenvalue weighted by molar-refractivity contribution is 9.10. The largest absolute Gasteiger partial charge is 0.298 e. The van der Waals surface area contributed by atoms with Gasteiger partial charge in [-0.3, -0.25) is 9.80 Å². The van der Waals surface area contributed by atoms with Gasteiger partial charge in [0, 0.05) is 46.4 Å². The zero-order chi connectivity index (χ0) is 13.4. The summed E-state index contributed by atoms with van der Waals surface area (Å²) in [6.45, 7) is 9.74. The molecule has 0 N–H and O–H groups in total. The molecule has 3 rings (SSSR count). The van der Waals surface area contributed by atoms with Crippen LogP contribution in [0.15, 0.2) is 15.9 Å². The van der Waals surface area contributed by atoms with Gasteiger partial charge in [0.05, 0.1) is 0 Å². The van der Waals surface area contributed by atoms with Crippen molar-refractivity contribution in [1.82, 2.24) is 9.80 Å². The van der Waals surface area contributed by atoms with Gasteiger partial charge in [0.2, 0.25) is 0 Å². The van der Waals surface area contributed by atoms with Crippen molar-refractivity contribution >= 4 is 27.3 Å². The summed E-state index contributed by atoms with van der Waals surface area (Å²) < 4.78 is 1.23. The van der Waals surface area contributed by atoms with E-state index in [-0.39, 0.29) is 0 Å². The molecule has 2 unspecified atom stereocenters. The third kappa shape index (κ3) is 3.07. The summed E-state index contributed by atoms with van der Waals surface area (Å²) in [5, 5.41) is 2.20. The van der Waals surface area contributed by atoms with Crippen LogP contribution in [0.4, 0.5) is 0 Å². The van der Waals surface area contributed by atoms with E-state index in [0.29, 0.717) is 0 Å². The van der Waals surface area contributed by atoms with Gasteiger partial charge in [0.15, 0.2) is 0 Å². The molecule has 0 aromatic carbocycles. The standard InChI is InChI=1S/C15H23BrN2S/c1-11(2)15-9-17-5-3-4-13(17)7-18(15)8-14-6-12(16)10-19-14/h6,10-11,13,15H,3-5,7-9H2,1-2H3. The molecule has 0 bridgehead atoms. The van der Waals surface area contributed by atoms with Gasteiger partial charge >= 0.3 is 0 Å². The van der Waals surface area contributed by atoms with E-state index in [9.17, 15) is 0 Å². The van der Waals surface area contributed by atoms with Gasteiger partial charge in [-0.05, 0) is 47.3 Å². The van der Waals surface area contributed by atoms with Gasteiger partial charge in [0.1, 0.15) is 0 Å². The number of nitrogens with zero attached hydrogens (tertiary/aromatic N) is 2. The summed E-state index contributed by atoms with van der Waals surface area (Å²) in [5.74, 6) is 0.741. The quantitative estimate of drug-likeness (QED) is 0.823. The molecule has 3 heterocycles. The van der Waals surface area contributed by atoms with Crippen molar-refractivity contribution in [1.29, 1.82) is 0 Å². The molecular formula is C15H23BrN2S. The fourth-order valence-electron chi connectivity index (χ4n) is 3.56. The Morgan fingerprint density at radius 2 is 2.26 bits per heavy atom. The number of thiophene rings is 1. The molecule has 2 fully saturated rings. The molecular weight excluding hydrogens is 320 g/mol. The number of fused-ring (bicyclic) bond motifs is 1. The Morgan fingerprint density at radius 1 is 1.42 bits per heavy atom. The highest BCUT2D eigenvalue weighted by Gasteiger charge is 2.37. The highest BCUT2D eigenvalue weighted by atomic mass is 79.9. The van der Waals surface area contributed by atoms with Crippen molar-refractivity contribution in [3.05, 3.63) is 20.8 Å². The average molecular weight is 343 g/mol. The molecule has 1 aromatic rings. The lowest BCUT2D eigenvalue weighted by Crippen LogP contribution is -2.57. The van der Waals surface area contributed by atoms with Crippen LogP contribution in [0.3, 0.4) is 0 Å². The molecule has 19 heavy (non-hydrogen) atoms. The van der Waals surface area contributed by atoms with Crippen LogP contribution in [-0.4, -0.2) is 41.5 Å². The van der Waals surface area contributed by atoms with Gasteiger partial charge in [-0.1, -0.05) is 13.8 Å². The highest BCUT2D eigenvalue weighted by Crippen LogP contribution is 2.30. The number of hydrogen-bond donors (Lipinski definition) is 0. The zero-order valence-electron chi connectivity index (χ0n) is 11.8. The molecule has 2 aliphatic heterocycles. The zero-order valence-corrected chi connectivity index (χ0v) is 14.2. The Morgan fingerprint density at radius 3 is 2.95 bits per heavy atom. The molecule has 2 atom stereocenters. The van der Waals surface area contributed by atoms with Crippen LogP contribution in [0.25, 0.3) is 0 Å². The molecule has 0 spiro atoms. The first-order valence-electron chi connectivity index (χ1n) is 7.34. The maximum atomic E-state index is 3.57. The second-order valence-corrected chi connectivity index (χ2v) is 8.17. The maximum Gasteiger partial charge on any atom is 0.0332 e. The number of halogens is 1. The van der Waals surface area contributed by atoms with Crippen LogP contribution in [0.5, 0.6) is 0 Å². The van der Waals surface area contributed by atoms with Gasteiger partial charge < -0.3 is 0 Å². The van der Waals surface area contributed by atoms with E-state index in [4.69, 9.17) is 0 Å². The molecule has 1 aromatic heterocycles. The van der Waals surface area contributed by atoms with E-state index in [1.54, 1.807) is 0 Å². The van der Waals surface area contributed by atoms with Crippen molar-refractivity contribution in [2.45, 2.75) is 45.3 Å². The fourth-order valence-corrected chi connectivity index (χ4v) is 5.03. The number of piperazine rings is 1. The molecule has 106 valence electrons. The average Bonchev–Trinajstić information content (AvgIpc) is 2.96. The lowest BCUT2D eigenvalue weighted by Gasteiger charge is -2.45. The fraction of sp³-hybridized carbons (Fsp3) is 0.733. The van der Waals surface area contributed by atoms with Crippen LogP contribution in [0, 0.1) is 5.92 Å². The molecule has 4 heteroatoms. The van der Waals surface area contributed by atoms with E-state index in [2.05, 4.69) is 51.0 Å². The lowest BCUT2D eigenvalue weighted by molar-refractivity contribution is 0.0246.